The number of ether oxygens (including phenoxy) is 8. The van der Waals surface area contributed by atoms with Crippen molar-refractivity contribution in [1.82, 2.24) is 0 Å². The van der Waals surface area contributed by atoms with Crippen LogP contribution in [0, 0.1) is 22.7 Å². The molecule has 4 fully saturated rings. The number of benzene rings is 4. The lowest BCUT2D eigenvalue weighted by atomic mass is 9.84. The molecule has 0 N–H and O–H groups in total. The van der Waals surface area contributed by atoms with Crippen LogP contribution in [0.15, 0.2) is 97.1 Å². The largest absolute Gasteiger partial charge is 0.493 e. The van der Waals surface area contributed by atoms with Crippen molar-refractivity contribution in [2.24, 2.45) is 22.7 Å². The van der Waals surface area contributed by atoms with Crippen LogP contribution in [0.25, 0.3) is 0 Å². The molecule has 4 aromatic rings. The third-order valence-electron chi connectivity index (χ3n) is 11.1. The summed E-state index contributed by atoms with van der Waals surface area (Å²) in [6.07, 6.45) is 4.00. The van der Waals surface area contributed by atoms with E-state index in [2.05, 4.69) is 86.6 Å². The quantitative estimate of drug-likeness (QED) is 0.101. The molecule has 8 rings (SSSR count). The zero-order chi connectivity index (χ0) is 37.1. The summed E-state index contributed by atoms with van der Waals surface area (Å²) < 4.78 is 44.6. The Kier molecular flexibility index (Phi) is 13.1. The Labute approximate surface area is 321 Å². The van der Waals surface area contributed by atoms with Crippen molar-refractivity contribution < 1.29 is 37.9 Å². The standard InChI is InChI=1S/C25H32O4.C21H24O4/c1-3-24(14-26-15-24)18-28-22-9-5-20(6-10-22)13-21-7-11-23(12-8-21)29-19-25(4-2)16-27-17-25;1-5-20(24-14-18-10-22-11-18)6-2-16(1)9-17-3-7-21(8-4-17)25-15-19-12-23-13-19/h5-12H,3-4,13-19H2,1-2H3;1-8,18-19H,9-15H2. The van der Waals surface area contributed by atoms with Crippen LogP contribution in [0.1, 0.15) is 48.9 Å². The maximum Gasteiger partial charge on any atom is 0.119 e. The molecule has 0 amide bonds. The molecule has 54 heavy (non-hydrogen) atoms. The molecular weight excluding hydrogens is 680 g/mol. The lowest BCUT2D eigenvalue weighted by Gasteiger charge is -2.40. The van der Waals surface area contributed by atoms with Gasteiger partial charge < -0.3 is 37.9 Å². The van der Waals surface area contributed by atoms with Crippen molar-refractivity contribution in [3.8, 4) is 23.0 Å². The number of hydrogen-bond donors (Lipinski definition) is 0. The molecule has 0 saturated carbocycles. The van der Waals surface area contributed by atoms with Crippen molar-refractivity contribution in [3.63, 3.8) is 0 Å². The topological polar surface area (TPSA) is 73.8 Å². The number of rotatable bonds is 18. The van der Waals surface area contributed by atoms with E-state index >= 15 is 0 Å². The highest BCUT2D eigenvalue weighted by Crippen LogP contribution is 2.33. The minimum Gasteiger partial charge on any atom is -0.493 e. The van der Waals surface area contributed by atoms with Gasteiger partial charge in [0.15, 0.2) is 0 Å². The molecule has 8 heteroatoms. The minimum absolute atomic E-state index is 0.213. The molecule has 0 spiro atoms. The van der Waals surface area contributed by atoms with Crippen LogP contribution in [0.4, 0.5) is 0 Å². The molecule has 288 valence electrons. The van der Waals surface area contributed by atoms with Gasteiger partial charge in [0.05, 0.1) is 90.1 Å². The fourth-order valence-corrected chi connectivity index (χ4v) is 6.51. The van der Waals surface area contributed by atoms with Crippen molar-refractivity contribution >= 4 is 0 Å². The van der Waals surface area contributed by atoms with Crippen molar-refractivity contribution in [2.45, 2.75) is 39.5 Å². The van der Waals surface area contributed by atoms with Gasteiger partial charge in [0.2, 0.25) is 0 Å². The Balaban J connectivity index is 0.000000168. The molecule has 4 saturated heterocycles. The van der Waals surface area contributed by atoms with Crippen molar-refractivity contribution in [1.29, 1.82) is 0 Å². The molecule has 4 aromatic carbocycles. The monoisotopic (exact) mass is 736 g/mol. The first-order valence-electron chi connectivity index (χ1n) is 19.7. The Morgan fingerprint density at radius 3 is 0.944 bits per heavy atom. The zero-order valence-electron chi connectivity index (χ0n) is 32.0. The second kappa shape index (κ2) is 18.5. The molecule has 4 aliphatic rings. The Hall–Kier alpha value is -4.08. The van der Waals surface area contributed by atoms with Crippen molar-refractivity contribution in [3.05, 3.63) is 119 Å². The lowest BCUT2D eigenvalue weighted by Crippen LogP contribution is -2.46. The van der Waals surface area contributed by atoms with E-state index in [1.807, 2.05) is 24.3 Å². The SMILES string of the molecule is CCC1(COc2ccc(Cc3ccc(OCC4(CC)COC4)cc3)cc2)COC1.c1cc(OCC2COC2)ccc1Cc1ccc(OCC2COC2)cc1. The highest BCUT2D eigenvalue weighted by atomic mass is 16.5. The summed E-state index contributed by atoms with van der Waals surface area (Å²) in [6, 6.07) is 33.6. The first-order chi connectivity index (χ1) is 26.5. The van der Waals surface area contributed by atoms with Crippen LogP contribution in [0.5, 0.6) is 23.0 Å². The van der Waals surface area contributed by atoms with E-state index in [4.69, 9.17) is 37.9 Å². The van der Waals surface area contributed by atoms with E-state index in [1.54, 1.807) is 0 Å². The van der Waals surface area contributed by atoms with Gasteiger partial charge in [-0.25, -0.2) is 0 Å². The van der Waals surface area contributed by atoms with Gasteiger partial charge in [0, 0.05) is 11.8 Å². The van der Waals surface area contributed by atoms with Gasteiger partial charge in [-0.05, 0) is 96.5 Å². The summed E-state index contributed by atoms with van der Waals surface area (Å²) in [5, 5.41) is 0. The second-order valence-corrected chi connectivity index (χ2v) is 15.6. The highest BCUT2D eigenvalue weighted by molar-refractivity contribution is 5.35. The van der Waals surface area contributed by atoms with Gasteiger partial charge >= 0.3 is 0 Å². The molecule has 4 aliphatic heterocycles. The van der Waals surface area contributed by atoms with Crippen LogP contribution in [0.3, 0.4) is 0 Å². The summed E-state index contributed by atoms with van der Waals surface area (Å²) in [4.78, 5) is 0. The Morgan fingerprint density at radius 2 is 0.722 bits per heavy atom. The van der Waals surface area contributed by atoms with Gasteiger partial charge in [-0.2, -0.15) is 0 Å². The van der Waals surface area contributed by atoms with E-state index < -0.39 is 0 Å². The molecule has 8 nitrogen and oxygen atoms in total. The van der Waals surface area contributed by atoms with Gasteiger partial charge in [0.25, 0.3) is 0 Å². The van der Waals surface area contributed by atoms with Crippen LogP contribution < -0.4 is 18.9 Å². The van der Waals surface area contributed by atoms with Gasteiger partial charge in [-0.15, -0.1) is 0 Å². The van der Waals surface area contributed by atoms with E-state index in [-0.39, 0.29) is 10.8 Å². The smallest absolute Gasteiger partial charge is 0.119 e. The number of hydrogen-bond acceptors (Lipinski definition) is 8. The molecule has 0 bridgehead atoms. The second-order valence-electron chi connectivity index (χ2n) is 15.6. The molecule has 0 aliphatic carbocycles. The van der Waals surface area contributed by atoms with Gasteiger partial charge in [-0.1, -0.05) is 62.4 Å². The molecule has 4 heterocycles. The normalized spacial score (nSPS) is 18.4. The highest BCUT2D eigenvalue weighted by Gasteiger charge is 2.38. The molecule has 0 radical (unpaired) electrons. The average molecular weight is 737 g/mol. The van der Waals surface area contributed by atoms with E-state index in [0.29, 0.717) is 11.8 Å². The summed E-state index contributed by atoms with van der Waals surface area (Å²) in [7, 11) is 0. The fraction of sp³-hybridized carbons (Fsp3) is 0.478. The average Bonchev–Trinajstić information content (AvgIpc) is 3.13. The predicted molar refractivity (Wildman–Crippen MR) is 209 cm³/mol. The maximum absolute atomic E-state index is 6.00. The van der Waals surface area contributed by atoms with Gasteiger partial charge in [-0.3, -0.25) is 0 Å². The summed E-state index contributed by atoms with van der Waals surface area (Å²) >= 11 is 0. The first-order valence-corrected chi connectivity index (χ1v) is 19.7. The molecular formula is C46H56O8. The van der Waals surface area contributed by atoms with Crippen LogP contribution in [-0.4, -0.2) is 79.3 Å². The zero-order valence-corrected chi connectivity index (χ0v) is 32.0. The third-order valence-corrected chi connectivity index (χ3v) is 11.1. The minimum atomic E-state index is 0.213. The lowest BCUT2D eigenvalue weighted by molar-refractivity contribution is -0.133. The third kappa shape index (κ3) is 10.6. The predicted octanol–water partition coefficient (Wildman–Crippen LogP) is 8.22. The first kappa shape index (κ1) is 38.2. The van der Waals surface area contributed by atoms with Crippen LogP contribution in [0.2, 0.25) is 0 Å². The summed E-state index contributed by atoms with van der Waals surface area (Å²) in [5.41, 5.74) is 5.54. The van der Waals surface area contributed by atoms with Gasteiger partial charge in [0.1, 0.15) is 23.0 Å². The fourth-order valence-electron chi connectivity index (χ4n) is 6.51. The van der Waals surface area contributed by atoms with E-state index in [9.17, 15) is 0 Å². The van der Waals surface area contributed by atoms with E-state index in [0.717, 1.165) is 128 Å². The Morgan fingerprint density at radius 1 is 0.426 bits per heavy atom. The molecule has 0 atom stereocenters. The summed E-state index contributed by atoms with van der Waals surface area (Å²) in [5.74, 6) is 4.83. The van der Waals surface area contributed by atoms with E-state index in [1.165, 1.54) is 22.3 Å². The van der Waals surface area contributed by atoms with Crippen molar-refractivity contribution in [2.75, 3.05) is 79.3 Å². The van der Waals surface area contributed by atoms with Crippen LogP contribution in [-0.2, 0) is 31.8 Å². The molecule has 0 unspecified atom stereocenters. The maximum atomic E-state index is 6.00. The molecule has 0 aromatic heterocycles. The summed E-state index contributed by atoms with van der Waals surface area (Å²) in [6.45, 7) is 13.9. The van der Waals surface area contributed by atoms with Crippen LogP contribution >= 0.6 is 0 Å². The Bertz CT molecular complexity index is 1550.